The summed E-state index contributed by atoms with van der Waals surface area (Å²) in [6.45, 7) is 3.90. The van der Waals surface area contributed by atoms with Crippen LogP contribution in [0, 0.1) is 0 Å². The van der Waals surface area contributed by atoms with Crippen molar-refractivity contribution in [2.75, 3.05) is 24.7 Å². The lowest BCUT2D eigenvalue weighted by Gasteiger charge is -2.19. The number of carbonyl (C=O) groups is 3. The molecule has 10 heteroatoms. The summed E-state index contributed by atoms with van der Waals surface area (Å²) in [5, 5.41) is 23.5. The molecule has 1 aromatic carbocycles. The van der Waals surface area contributed by atoms with Gasteiger partial charge >= 0.3 is 5.97 Å². The number of benzene rings is 1. The van der Waals surface area contributed by atoms with Crippen molar-refractivity contribution >= 4 is 39.4 Å². The van der Waals surface area contributed by atoms with Gasteiger partial charge in [0.2, 0.25) is 11.8 Å². The Hall–Kier alpha value is -1.91. The molecule has 0 aliphatic carbocycles. The molecule has 0 bridgehead atoms. The summed E-state index contributed by atoms with van der Waals surface area (Å²) in [4.78, 5) is 35.1. The summed E-state index contributed by atoms with van der Waals surface area (Å²) in [6.07, 6.45) is 0.282. The van der Waals surface area contributed by atoms with Crippen molar-refractivity contribution < 1.29 is 29.3 Å². The van der Waals surface area contributed by atoms with Crippen molar-refractivity contribution in [2.24, 2.45) is 0 Å². The van der Waals surface area contributed by atoms with E-state index in [0.717, 1.165) is 5.56 Å². The second-order valence-electron chi connectivity index (χ2n) is 6.43. The number of aliphatic carboxylic acids is 1. The fourth-order valence-electron chi connectivity index (χ4n) is 2.14. The number of phenolic OH excluding ortho intramolecular Hbond substituents is 1. The number of phenols is 1. The van der Waals surface area contributed by atoms with Crippen LogP contribution in [0.3, 0.4) is 0 Å². The fraction of sp³-hybridized carbons (Fsp3) is 0.526. The molecule has 162 valence electrons. The molecule has 0 unspecified atom stereocenters. The lowest BCUT2D eigenvalue weighted by molar-refractivity contribution is -0.136. The van der Waals surface area contributed by atoms with Crippen molar-refractivity contribution in [3.05, 3.63) is 29.8 Å². The molecule has 0 fully saturated rings. The maximum absolute atomic E-state index is 12.6. The third-order valence-corrected chi connectivity index (χ3v) is 5.95. The summed E-state index contributed by atoms with van der Waals surface area (Å²) in [7, 11) is 2.92. The largest absolute Gasteiger partial charge is 0.508 e. The Morgan fingerprint density at radius 3 is 2.38 bits per heavy atom. The van der Waals surface area contributed by atoms with Gasteiger partial charge in [0, 0.05) is 24.5 Å². The van der Waals surface area contributed by atoms with E-state index in [2.05, 4.69) is 10.6 Å². The maximum Gasteiger partial charge on any atom is 0.304 e. The first-order valence-electron chi connectivity index (χ1n) is 9.20. The number of carboxylic acids is 1. The molecular formula is C19H28N2O6S2. The van der Waals surface area contributed by atoms with E-state index in [9.17, 15) is 19.5 Å². The van der Waals surface area contributed by atoms with Crippen molar-refractivity contribution in [3.63, 3.8) is 0 Å². The second-order valence-corrected chi connectivity index (χ2v) is 9.13. The molecule has 0 radical (unpaired) electrons. The zero-order valence-corrected chi connectivity index (χ0v) is 18.2. The molecule has 1 atom stereocenters. The number of aromatic hydroxyl groups is 1. The number of rotatable bonds is 14. The van der Waals surface area contributed by atoms with Crippen LogP contribution in [0.25, 0.3) is 0 Å². The van der Waals surface area contributed by atoms with Crippen LogP contribution in [-0.2, 0) is 25.5 Å². The van der Waals surface area contributed by atoms with Crippen LogP contribution in [0.15, 0.2) is 24.3 Å². The van der Waals surface area contributed by atoms with E-state index in [1.165, 1.54) is 33.7 Å². The van der Waals surface area contributed by atoms with Gasteiger partial charge in [-0.2, -0.15) is 0 Å². The van der Waals surface area contributed by atoms with Crippen LogP contribution in [0.5, 0.6) is 5.75 Å². The molecular weight excluding hydrogens is 416 g/mol. The molecule has 4 N–H and O–H groups in total. The van der Waals surface area contributed by atoms with Crippen molar-refractivity contribution in [3.8, 4) is 5.75 Å². The van der Waals surface area contributed by atoms with Crippen molar-refractivity contribution in [2.45, 2.75) is 38.8 Å². The molecule has 0 aliphatic rings. The van der Waals surface area contributed by atoms with Gasteiger partial charge in [0.1, 0.15) is 18.4 Å². The number of nitrogens with one attached hydrogen (secondary N) is 2. The summed E-state index contributed by atoms with van der Waals surface area (Å²) >= 11 is 0. The van der Waals surface area contributed by atoms with Gasteiger partial charge in [-0.1, -0.05) is 33.7 Å². The molecule has 0 aromatic heterocycles. The number of carboxylic acid groups (broad SMARTS) is 1. The second kappa shape index (κ2) is 14.1. The van der Waals surface area contributed by atoms with Crippen LogP contribution >= 0.6 is 21.6 Å². The summed E-state index contributed by atoms with van der Waals surface area (Å²) < 4.78 is 5.28. The van der Waals surface area contributed by atoms with E-state index < -0.39 is 12.0 Å². The van der Waals surface area contributed by atoms with Gasteiger partial charge in [-0.05, 0) is 31.5 Å². The quantitative estimate of drug-likeness (QED) is 0.253. The van der Waals surface area contributed by atoms with E-state index in [-0.39, 0.29) is 43.1 Å². The van der Waals surface area contributed by atoms with Gasteiger partial charge in [-0.15, -0.1) is 0 Å². The molecule has 0 heterocycles. The number of hydrogen-bond donors (Lipinski definition) is 4. The number of hydrogen-bond acceptors (Lipinski definition) is 7. The average molecular weight is 445 g/mol. The lowest BCUT2D eigenvalue weighted by Crippen LogP contribution is -2.49. The van der Waals surface area contributed by atoms with Gasteiger partial charge in [-0.25, -0.2) is 0 Å². The maximum atomic E-state index is 12.6. The Balaban J connectivity index is 2.52. The first kappa shape index (κ1) is 25.1. The van der Waals surface area contributed by atoms with Gasteiger partial charge in [0.05, 0.1) is 12.5 Å². The van der Waals surface area contributed by atoms with Crippen LogP contribution in [0.2, 0.25) is 0 Å². The van der Waals surface area contributed by atoms with Gasteiger partial charge in [0.25, 0.3) is 0 Å². The highest BCUT2D eigenvalue weighted by Gasteiger charge is 2.21. The molecule has 8 nitrogen and oxygen atoms in total. The standard InChI is InChI=1S/C19H28N2O6S2/c1-13(2)27-12-17(23)21-16(11-14-3-5-15(22)6-4-14)19(26)20-8-10-29-28-9-7-18(24)25/h3-6,13,16,22H,7-12H2,1-2H3,(H,20,26)(H,21,23)(H,24,25)/t16-/m0/s1. The molecule has 2 amide bonds. The Kier molecular flexibility index (Phi) is 12.2. The third-order valence-electron chi connectivity index (χ3n) is 3.54. The van der Waals surface area contributed by atoms with E-state index in [1.54, 1.807) is 12.1 Å². The number of amides is 2. The first-order valence-corrected chi connectivity index (χ1v) is 11.7. The number of carbonyl (C=O) groups excluding carboxylic acids is 2. The molecule has 1 aromatic rings. The van der Waals surface area contributed by atoms with Crippen molar-refractivity contribution in [1.82, 2.24) is 10.6 Å². The molecule has 29 heavy (non-hydrogen) atoms. The summed E-state index contributed by atoms with van der Waals surface area (Å²) in [6, 6.07) is 5.67. The normalized spacial score (nSPS) is 11.8. The van der Waals surface area contributed by atoms with E-state index in [1.807, 2.05) is 13.8 Å². The monoisotopic (exact) mass is 444 g/mol. The lowest BCUT2D eigenvalue weighted by atomic mass is 10.0. The van der Waals surface area contributed by atoms with Gasteiger partial charge < -0.3 is 25.6 Å². The summed E-state index contributed by atoms with van der Waals surface area (Å²) in [5.74, 6) is -0.277. The SMILES string of the molecule is CC(C)OCC(=O)N[C@@H](Cc1ccc(O)cc1)C(=O)NCCSSCCC(=O)O. The molecule has 0 saturated carbocycles. The van der Waals surface area contributed by atoms with Gasteiger partial charge in [-0.3, -0.25) is 14.4 Å². The summed E-state index contributed by atoms with van der Waals surface area (Å²) in [5.41, 5.74) is 0.798. The Morgan fingerprint density at radius 2 is 1.76 bits per heavy atom. The predicted molar refractivity (Wildman–Crippen MR) is 115 cm³/mol. The van der Waals surface area contributed by atoms with Crippen LogP contribution in [-0.4, -0.2) is 64.8 Å². The van der Waals surface area contributed by atoms with Crippen LogP contribution in [0.4, 0.5) is 0 Å². The van der Waals surface area contributed by atoms with E-state index in [0.29, 0.717) is 18.1 Å². The van der Waals surface area contributed by atoms with E-state index in [4.69, 9.17) is 9.84 Å². The minimum absolute atomic E-state index is 0.0965. The molecule has 0 spiro atoms. The third kappa shape index (κ3) is 12.3. The smallest absolute Gasteiger partial charge is 0.304 e. The minimum atomic E-state index is -0.833. The highest BCUT2D eigenvalue weighted by atomic mass is 33.1. The Bertz CT molecular complexity index is 655. The minimum Gasteiger partial charge on any atom is -0.508 e. The molecule has 0 aliphatic heterocycles. The average Bonchev–Trinajstić information content (AvgIpc) is 2.66. The molecule has 1 rings (SSSR count). The topological polar surface area (TPSA) is 125 Å². The van der Waals surface area contributed by atoms with Crippen LogP contribution in [0.1, 0.15) is 25.8 Å². The highest BCUT2D eigenvalue weighted by Crippen LogP contribution is 2.21. The van der Waals surface area contributed by atoms with Crippen LogP contribution < -0.4 is 10.6 Å². The fourth-order valence-corrected chi connectivity index (χ4v) is 4.03. The first-order chi connectivity index (χ1) is 13.8. The Labute approximate surface area is 178 Å². The highest BCUT2D eigenvalue weighted by molar-refractivity contribution is 8.76. The van der Waals surface area contributed by atoms with E-state index >= 15 is 0 Å². The number of ether oxygens (including phenoxy) is 1. The predicted octanol–water partition coefficient (Wildman–Crippen LogP) is 1.82. The van der Waals surface area contributed by atoms with Gasteiger partial charge in [0.15, 0.2) is 0 Å². The Morgan fingerprint density at radius 1 is 1.10 bits per heavy atom. The van der Waals surface area contributed by atoms with Crippen molar-refractivity contribution in [1.29, 1.82) is 0 Å². The zero-order chi connectivity index (χ0) is 21.6. The zero-order valence-electron chi connectivity index (χ0n) is 16.6. The molecule has 0 saturated heterocycles.